The van der Waals surface area contributed by atoms with Gasteiger partial charge in [-0.05, 0) is 39.5 Å². The standard InChI is InChI=1S/C18H31N5O/c1-17(2,19)15-13-23(21-20-15)14-7-11-22(12-8-14)16(24)18(3)9-5-4-6-10-18/h13-14H,4-12,19H2,1-3H3. The minimum Gasteiger partial charge on any atom is -0.342 e. The summed E-state index contributed by atoms with van der Waals surface area (Å²) in [5.41, 5.74) is 6.31. The van der Waals surface area contributed by atoms with Crippen molar-refractivity contribution >= 4 is 5.91 Å². The molecule has 2 N–H and O–H groups in total. The molecule has 0 bridgehead atoms. The molecule has 1 aliphatic carbocycles. The Kier molecular flexibility index (Phi) is 4.69. The lowest BCUT2D eigenvalue weighted by molar-refractivity contribution is -0.144. The summed E-state index contributed by atoms with van der Waals surface area (Å²) >= 11 is 0. The minimum atomic E-state index is -0.468. The summed E-state index contributed by atoms with van der Waals surface area (Å²) in [5, 5.41) is 8.47. The van der Waals surface area contributed by atoms with E-state index in [0.29, 0.717) is 11.9 Å². The van der Waals surface area contributed by atoms with E-state index in [1.54, 1.807) is 0 Å². The minimum absolute atomic E-state index is 0.130. The number of likely N-dealkylation sites (tertiary alicyclic amines) is 1. The van der Waals surface area contributed by atoms with Crippen LogP contribution in [0.3, 0.4) is 0 Å². The van der Waals surface area contributed by atoms with Gasteiger partial charge in [0, 0.05) is 18.5 Å². The predicted octanol–water partition coefficient (Wildman–Crippen LogP) is 2.61. The Morgan fingerprint density at radius 3 is 2.42 bits per heavy atom. The van der Waals surface area contributed by atoms with Gasteiger partial charge in [-0.15, -0.1) is 5.10 Å². The monoisotopic (exact) mass is 333 g/mol. The zero-order valence-electron chi connectivity index (χ0n) is 15.3. The summed E-state index contributed by atoms with van der Waals surface area (Å²) in [7, 11) is 0. The van der Waals surface area contributed by atoms with E-state index in [4.69, 9.17) is 5.73 Å². The van der Waals surface area contributed by atoms with Crippen molar-refractivity contribution < 1.29 is 4.79 Å². The molecule has 0 radical (unpaired) electrons. The molecular formula is C18H31N5O. The van der Waals surface area contributed by atoms with E-state index in [1.807, 2.05) is 24.7 Å². The van der Waals surface area contributed by atoms with Crippen LogP contribution in [-0.4, -0.2) is 38.9 Å². The largest absolute Gasteiger partial charge is 0.342 e. The van der Waals surface area contributed by atoms with Gasteiger partial charge in [0.1, 0.15) is 5.69 Å². The Bertz CT molecular complexity index is 574. The molecule has 0 spiro atoms. The molecule has 1 saturated heterocycles. The normalized spacial score (nSPS) is 22.6. The molecule has 3 rings (SSSR count). The first-order chi connectivity index (χ1) is 11.3. The van der Waals surface area contributed by atoms with Crippen LogP contribution in [0.2, 0.25) is 0 Å². The molecule has 0 unspecified atom stereocenters. The van der Waals surface area contributed by atoms with Gasteiger partial charge in [-0.3, -0.25) is 4.79 Å². The second-order valence-electron chi connectivity index (χ2n) is 8.45. The van der Waals surface area contributed by atoms with E-state index in [9.17, 15) is 4.79 Å². The molecule has 1 aromatic rings. The maximum Gasteiger partial charge on any atom is 0.228 e. The molecule has 6 heteroatoms. The van der Waals surface area contributed by atoms with Gasteiger partial charge in [-0.1, -0.05) is 31.4 Å². The molecule has 2 fully saturated rings. The fourth-order valence-corrected chi connectivity index (χ4v) is 4.01. The summed E-state index contributed by atoms with van der Waals surface area (Å²) in [6.45, 7) is 7.68. The molecule has 6 nitrogen and oxygen atoms in total. The maximum atomic E-state index is 12.9. The zero-order valence-corrected chi connectivity index (χ0v) is 15.3. The predicted molar refractivity (Wildman–Crippen MR) is 93.3 cm³/mol. The summed E-state index contributed by atoms with van der Waals surface area (Å²) in [5.74, 6) is 0.364. The Labute approximate surface area is 144 Å². The van der Waals surface area contributed by atoms with Crippen LogP contribution in [0.1, 0.15) is 77.5 Å². The third-order valence-corrected chi connectivity index (χ3v) is 5.77. The van der Waals surface area contributed by atoms with Crippen molar-refractivity contribution in [2.75, 3.05) is 13.1 Å². The molecule has 2 aliphatic rings. The number of piperidine rings is 1. The Hall–Kier alpha value is -1.43. The van der Waals surface area contributed by atoms with Crippen LogP contribution >= 0.6 is 0 Å². The van der Waals surface area contributed by atoms with Gasteiger partial charge in [0.2, 0.25) is 5.91 Å². The SMILES string of the molecule is CC1(C(=O)N2CCC(n3cc(C(C)(C)N)nn3)CC2)CCCCC1. The fourth-order valence-electron chi connectivity index (χ4n) is 4.01. The van der Waals surface area contributed by atoms with E-state index in [1.165, 1.54) is 19.3 Å². The summed E-state index contributed by atoms with van der Waals surface area (Å²) in [6.07, 6.45) is 9.59. The smallest absolute Gasteiger partial charge is 0.228 e. The van der Waals surface area contributed by atoms with Gasteiger partial charge >= 0.3 is 0 Å². The number of rotatable bonds is 3. The van der Waals surface area contributed by atoms with Crippen molar-refractivity contribution in [3.8, 4) is 0 Å². The Morgan fingerprint density at radius 1 is 1.25 bits per heavy atom. The highest BCUT2D eigenvalue weighted by Gasteiger charge is 2.38. The van der Waals surface area contributed by atoms with Gasteiger partial charge in [0.05, 0.1) is 17.8 Å². The van der Waals surface area contributed by atoms with E-state index < -0.39 is 5.54 Å². The molecule has 1 aromatic heterocycles. The topological polar surface area (TPSA) is 77.0 Å². The van der Waals surface area contributed by atoms with Crippen LogP contribution in [0.25, 0.3) is 0 Å². The highest BCUT2D eigenvalue weighted by atomic mass is 16.2. The fraction of sp³-hybridized carbons (Fsp3) is 0.833. The first-order valence-electron chi connectivity index (χ1n) is 9.30. The van der Waals surface area contributed by atoms with Crippen LogP contribution in [0.4, 0.5) is 0 Å². The quantitative estimate of drug-likeness (QED) is 0.922. The number of carbonyl (C=O) groups excluding carboxylic acids is 1. The van der Waals surface area contributed by atoms with Crippen molar-refractivity contribution in [3.63, 3.8) is 0 Å². The molecule has 1 aliphatic heterocycles. The number of aromatic nitrogens is 3. The maximum absolute atomic E-state index is 12.9. The second-order valence-corrected chi connectivity index (χ2v) is 8.45. The number of nitrogens with two attached hydrogens (primary N) is 1. The van der Waals surface area contributed by atoms with E-state index in [2.05, 4.69) is 22.1 Å². The van der Waals surface area contributed by atoms with Crippen molar-refractivity contribution in [2.45, 2.75) is 77.3 Å². The van der Waals surface area contributed by atoms with E-state index in [-0.39, 0.29) is 5.41 Å². The Morgan fingerprint density at radius 2 is 1.88 bits per heavy atom. The molecule has 24 heavy (non-hydrogen) atoms. The number of amides is 1. The molecule has 0 atom stereocenters. The van der Waals surface area contributed by atoms with Crippen LogP contribution < -0.4 is 5.73 Å². The average molecular weight is 333 g/mol. The zero-order chi connectivity index (χ0) is 17.4. The van der Waals surface area contributed by atoms with Crippen LogP contribution in [-0.2, 0) is 10.3 Å². The average Bonchev–Trinajstić information content (AvgIpc) is 3.05. The lowest BCUT2D eigenvalue weighted by Gasteiger charge is -2.40. The lowest BCUT2D eigenvalue weighted by Crippen LogP contribution is -2.47. The first-order valence-corrected chi connectivity index (χ1v) is 9.30. The van der Waals surface area contributed by atoms with Gasteiger partial charge in [0.15, 0.2) is 0 Å². The van der Waals surface area contributed by atoms with Crippen molar-refractivity contribution in [3.05, 3.63) is 11.9 Å². The highest BCUT2D eigenvalue weighted by molar-refractivity contribution is 5.82. The van der Waals surface area contributed by atoms with Crippen molar-refractivity contribution in [1.29, 1.82) is 0 Å². The third-order valence-electron chi connectivity index (χ3n) is 5.77. The van der Waals surface area contributed by atoms with Crippen LogP contribution in [0.5, 0.6) is 0 Å². The van der Waals surface area contributed by atoms with Gasteiger partial charge in [-0.2, -0.15) is 0 Å². The third kappa shape index (κ3) is 3.48. The van der Waals surface area contributed by atoms with Crippen LogP contribution in [0, 0.1) is 5.41 Å². The summed E-state index contributed by atoms with van der Waals surface area (Å²) in [6, 6.07) is 0.316. The summed E-state index contributed by atoms with van der Waals surface area (Å²) < 4.78 is 1.94. The lowest BCUT2D eigenvalue weighted by atomic mass is 9.74. The van der Waals surface area contributed by atoms with E-state index >= 15 is 0 Å². The summed E-state index contributed by atoms with van der Waals surface area (Å²) in [4.78, 5) is 15.0. The highest BCUT2D eigenvalue weighted by Crippen LogP contribution is 2.38. The molecule has 2 heterocycles. The van der Waals surface area contributed by atoms with Crippen molar-refractivity contribution in [2.24, 2.45) is 11.1 Å². The van der Waals surface area contributed by atoms with Gasteiger partial charge in [-0.25, -0.2) is 4.68 Å². The number of hydrogen-bond donors (Lipinski definition) is 1. The van der Waals surface area contributed by atoms with E-state index in [0.717, 1.165) is 44.5 Å². The van der Waals surface area contributed by atoms with Gasteiger partial charge in [0.25, 0.3) is 0 Å². The Balaban J connectivity index is 1.59. The number of hydrogen-bond acceptors (Lipinski definition) is 4. The first kappa shape index (κ1) is 17.4. The molecular weight excluding hydrogens is 302 g/mol. The molecule has 134 valence electrons. The molecule has 0 aromatic carbocycles. The number of nitrogens with zero attached hydrogens (tertiary/aromatic N) is 4. The molecule has 1 saturated carbocycles. The van der Waals surface area contributed by atoms with Crippen molar-refractivity contribution in [1.82, 2.24) is 19.9 Å². The number of carbonyl (C=O) groups is 1. The van der Waals surface area contributed by atoms with Gasteiger partial charge < -0.3 is 10.6 Å². The molecule has 1 amide bonds. The second kappa shape index (κ2) is 6.47. The van der Waals surface area contributed by atoms with Crippen LogP contribution in [0.15, 0.2) is 6.20 Å².